The van der Waals surface area contributed by atoms with Crippen LogP contribution in [0.25, 0.3) is 60.3 Å². The van der Waals surface area contributed by atoms with E-state index in [9.17, 15) is 0 Å². The quantitative estimate of drug-likeness (QED) is 0.207. The highest BCUT2D eigenvalue weighted by molar-refractivity contribution is 6.18. The van der Waals surface area contributed by atoms with E-state index in [1.165, 1.54) is 82.6 Å². The van der Waals surface area contributed by atoms with Crippen molar-refractivity contribution < 1.29 is 0 Å². The largest absolute Gasteiger partial charge is 0.309 e. The van der Waals surface area contributed by atoms with Crippen molar-refractivity contribution in [2.75, 3.05) is 0 Å². The van der Waals surface area contributed by atoms with Gasteiger partial charge in [-0.1, -0.05) is 84.9 Å². The number of para-hydroxylation sites is 2. The lowest BCUT2D eigenvalue weighted by Gasteiger charge is -2.14. The van der Waals surface area contributed by atoms with Crippen molar-refractivity contribution >= 4 is 38.1 Å². The number of benzene rings is 5. The van der Waals surface area contributed by atoms with Crippen LogP contribution in [0.1, 0.15) is 22.3 Å². The van der Waals surface area contributed by atoms with E-state index in [2.05, 4.69) is 108 Å². The van der Waals surface area contributed by atoms with Gasteiger partial charge in [0, 0.05) is 16.2 Å². The maximum absolute atomic E-state index is 2.48. The molecule has 5 aromatic carbocycles. The molecule has 0 spiro atoms. The Bertz CT molecular complexity index is 2050. The fraction of sp³-hybridized carbons (Fsp3) is 0.0588. The molecule has 2 aromatic heterocycles. The Hall–Kier alpha value is -4.36. The van der Waals surface area contributed by atoms with E-state index in [-0.39, 0.29) is 0 Å². The minimum Gasteiger partial charge on any atom is -0.309 e. The maximum Gasteiger partial charge on any atom is 0.0550 e. The summed E-state index contributed by atoms with van der Waals surface area (Å²) in [7, 11) is 0. The SMILES string of the molecule is c1ccc2c(c1)Cc1c-2ccc2c1-c1ccc3c4ccccc4n4c5ccccc5cc4c3c1C2. The topological polar surface area (TPSA) is 4.41 Å². The van der Waals surface area contributed by atoms with Gasteiger partial charge in [-0.05, 0) is 80.9 Å². The van der Waals surface area contributed by atoms with Crippen molar-refractivity contribution in [3.8, 4) is 22.3 Å². The summed E-state index contributed by atoms with van der Waals surface area (Å²) in [6.45, 7) is 0. The molecule has 0 fully saturated rings. The predicted octanol–water partition coefficient (Wildman–Crippen LogP) is 8.54. The summed E-state index contributed by atoms with van der Waals surface area (Å²) >= 11 is 0. The maximum atomic E-state index is 2.48. The zero-order valence-electron chi connectivity index (χ0n) is 19.2. The zero-order chi connectivity index (χ0) is 22.7. The average Bonchev–Trinajstić information content (AvgIpc) is 3.59. The van der Waals surface area contributed by atoms with Gasteiger partial charge in [0.25, 0.3) is 0 Å². The van der Waals surface area contributed by atoms with Crippen LogP contribution >= 0.6 is 0 Å². The van der Waals surface area contributed by atoms with Crippen molar-refractivity contribution in [2.45, 2.75) is 12.8 Å². The Balaban J connectivity index is 1.44. The fourth-order valence-corrected chi connectivity index (χ4v) is 7.01. The molecule has 0 saturated heterocycles. The van der Waals surface area contributed by atoms with Crippen LogP contribution in [0.5, 0.6) is 0 Å². The van der Waals surface area contributed by atoms with Crippen LogP contribution in [-0.2, 0) is 12.8 Å². The van der Waals surface area contributed by atoms with E-state index in [1.807, 2.05) is 0 Å². The molecular weight excluding hydrogens is 422 g/mol. The Morgan fingerprint density at radius 3 is 2.23 bits per heavy atom. The van der Waals surface area contributed by atoms with Gasteiger partial charge in [0.2, 0.25) is 0 Å². The number of pyridine rings is 1. The van der Waals surface area contributed by atoms with Crippen LogP contribution in [0.2, 0.25) is 0 Å². The van der Waals surface area contributed by atoms with Crippen molar-refractivity contribution in [3.05, 3.63) is 125 Å². The summed E-state index contributed by atoms with van der Waals surface area (Å²) in [4.78, 5) is 0. The summed E-state index contributed by atoms with van der Waals surface area (Å²) in [6, 6.07) is 38.5. The smallest absolute Gasteiger partial charge is 0.0550 e. The third-order valence-electron chi connectivity index (χ3n) is 8.43. The number of nitrogens with zero attached hydrogens (tertiary/aromatic N) is 1. The van der Waals surface area contributed by atoms with Crippen LogP contribution in [0, 0.1) is 0 Å². The van der Waals surface area contributed by atoms with Crippen molar-refractivity contribution in [2.24, 2.45) is 0 Å². The standard InChI is InChI=1S/C34H21N/c1-3-9-23-20(7-1)17-28-24(23)14-13-22-18-29-27(33(22)28)16-15-26-25-10-4-6-12-31(25)35-30-11-5-2-8-21(30)19-32(35)34(26)29/h1-16,19H,17-18H2. The molecule has 9 rings (SSSR count). The molecule has 162 valence electrons. The van der Waals surface area contributed by atoms with Crippen molar-refractivity contribution in [3.63, 3.8) is 0 Å². The molecule has 0 atom stereocenters. The molecular formula is C34H21N. The van der Waals surface area contributed by atoms with Gasteiger partial charge in [0.1, 0.15) is 0 Å². The molecule has 0 radical (unpaired) electrons. The molecule has 0 amide bonds. The molecule has 1 heteroatoms. The van der Waals surface area contributed by atoms with Crippen LogP contribution < -0.4 is 0 Å². The van der Waals surface area contributed by atoms with Crippen molar-refractivity contribution in [1.82, 2.24) is 4.40 Å². The first kappa shape index (κ1) is 18.0. The van der Waals surface area contributed by atoms with Crippen LogP contribution in [0.4, 0.5) is 0 Å². The van der Waals surface area contributed by atoms with Gasteiger partial charge in [-0.2, -0.15) is 0 Å². The Kier molecular flexibility index (Phi) is 3.19. The highest BCUT2D eigenvalue weighted by atomic mass is 14.9. The summed E-state index contributed by atoms with van der Waals surface area (Å²) in [5, 5.41) is 5.41. The molecule has 0 aliphatic heterocycles. The highest BCUT2D eigenvalue weighted by Crippen LogP contribution is 2.50. The molecule has 0 N–H and O–H groups in total. The summed E-state index contributed by atoms with van der Waals surface area (Å²) in [6.07, 6.45) is 2.04. The van der Waals surface area contributed by atoms with Gasteiger partial charge in [0.15, 0.2) is 0 Å². The third-order valence-corrected chi connectivity index (χ3v) is 8.43. The van der Waals surface area contributed by atoms with E-state index in [0.29, 0.717) is 0 Å². The van der Waals surface area contributed by atoms with E-state index in [1.54, 1.807) is 0 Å². The van der Waals surface area contributed by atoms with Gasteiger partial charge < -0.3 is 4.40 Å². The van der Waals surface area contributed by atoms with E-state index in [0.717, 1.165) is 12.8 Å². The molecule has 7 aromatic rings. The monoisotopic (exact) mass is 443 g/mol. The van der Waals surface area contributed by atoms with Gasteiger partial charge in [-0.15, -0.1) is 0 Å². The van der Waals surface area contributed by atoms with Gasteiger partial charge in [-0.3, -0.25) is 0 Å². The number of rotatable bonds is 0. The van der Waals surface area contributed by atoms with Gasteiger partial charge >= 0.3 is 0 Å². The molecule has 35 heavy (non-hydrogen) atoms. The number of hydrogen-bond donors (Lipinski definition) is 0. The molecule has 0 bridgehead atoms. The zero-order valence-corrected chi connectivity index (χ0v) is 19.2. The second kappa shape index (κ2) is 6.20. The molecule has 2 heterocycles. The Morgan fingerprint density at radius 1 is 0.486 bits per heavy atom. The summed E-state index contributed by atoms with van der Waals surface area (Å²) < 4.78 is 2.48. The van der Waals surface area contributed by atoms with Crippen LogP contribution in [0.15, 0.2) is 103 Å². The molecule has 1 nitrogen and oxygen atoms in total. The number of fused-ring (bicyclic) bond motifs is 16. The highest BCUT2D eigenvalue weighted by Gasteiger charge is 2.30. The van der Waals surface area contributed by atoms with E-state index in [4.69, 9.17) is 0 Å². The lowest BCUT2D eigenvalue weighted by atomic mass is 9.93. The second-order valence-corrected chi connectivity index (χ2v) is 10.1. The van der Waals surface area contributed by atoms with Crippen LogP contribution in [-0.4, -0.2) is 4.40 Å². The lowest BCUT2D eigenvalue weighted by Crippen LogP contribution is -1.94. The minimum absolute atomic E-state index is 1.00. The first-order valence-electron chi connectivity index (χ1n) is 12.5. The lowest BCUT2D eigenvalue weighted by molar-refractivity contribution is 1.24. The Morgan fingerprint density at radius 2 is 1.26 bits per heavy atom. The van der Waals surface area contributed by atoms with Crippen molar-refractivity contribution in [1.29, 1.82) is 0 Å². The van der Waals surface area contributed by atoms with Gasteiger partial charge in [-0.25, -0.2) is 0 Å². The first-order valence-corrected chi connectivity index (χ1v) is 12.5. The minimum atomic E-state index is 1.00. The normalized spacial score (nSPS) is 13.5. The fourth-order valence-electron chi connectivity index (χ4n) is 7.01. The van der Waals surface area contributed by atoms with Gasteiger partial charge in [0.05, 0.1) is 16.6 Å². The molecule has 2 aliphatic carbocycles. The average molecular weight is 444 g/mol. The Labute approximate surface area is 202 Å². The third kappa shape index (κ3) is 2.15. The number of aromatic nitrogens is 1. The molecule has 2 aliphatic rings. The van der Waals surface area contributed by atoms with Crippen LogP contribution in [0.3, 0.4) is 0 Å². The molecule has 0 unspecified atom stereocenters. The summed E-state index contributed by atoms with van der Waals surface area (Å²) in [5.74, 6) is 0. The predicted molar refractivity (Wildman–Crippen MR) is 146 cm³/mol. The second-order valence-electron chi connectivity index (χ2n) is 10.1. The van der Waals surface area contributed by atoms with E-state index >= 15 is 0 Å². The number of hydrogen-bond acceptors (Lipinski definition) is 0. The summed E-state index contributed by atoms with van der Waals surface area (Å²) in [5.41, 5.74) is 15.6. The van der Waals surface area contributed by atoms with E-state index < -0.39 is 0 Å². The molecule has 0 saturated carbocycles. The first-order chi connectivity index (χ1) is 17.4.